The van der Waals surface area contributed by atoms with E-state index in [2.05, 4.69) is 15.9 Å². The van der Waals surface area contributed by atoms with Crippen LogP contribution in [0.15, 0.2) is 98.7 Å². The van der Waals surface area contributed by atoms with Gasteiger partial charge < -0.3 is 18.9 Å². The summed E-state index contributed by atoms with van der Waals surface area (Å²) in [6.07, 6.45) is 1.80. The van der Waals surface area contributed by atoms with Gasteiger partial charge in [-0.1, -0.05) is 87.9 Å². The number of aromatic nitrogens is 1. The zero-order valence-corrected chi connectivity index (χ0v) is 26.1. The number of carbonyl (C=O) groups is 1. The molecule has 0 radical (unpaired) electrons. The van der Waals surface area contributed by atoms with Gasteiger partial charge in [-0.05, 0) is 47.5 Å². The summed E-state index contributed by atoms with van der Waals surface area (Å²) in [5, 5.41) is 1.79. The van der Waals surface area contributed by atoms with Gasteiger partial charge in [-0.25, -0.2) is 9.79 Å². The van der Waals surface area contributed by atoms with Crippen LogP contribution in [0.3, 0.4) is 0 Å². The van der Waals surface area contributed by atoms with E-state index in [1.165, 1.54) is 11.3 Å². The second kappa shape index (κ2) is 11.4. The molecule has 3 heterocycles. The lowest BCUT2D eigenvalue weighted by Crippen LogP contribution is -2.40. The number of esters is 1. The van der Waals surface area contributed by atoms with Crippen LogP contribution in [0.5, 0.6) is 17.2 Å². The van der Waals surface area contributed by atoms with Crippen molar-refractivity contribution in [3.8, 4) is 17.2 Å². The Balaban J connectivity index is 1.58. The van der Waals surface area contributed by atoms with Gasteiger partial charge in [0.15, 0.2) is 16.3 Å². The van der Waals surface area contributed by atoms with Crippen molar-refractivity contribution in [2.24, 2.45) is 4.99 Å². The lowest BCUT2D eigenvalue weighted by molar-refractivity contribution is -0.138. The van der Waals surface area contributed by atoms with Crippen LogP contribution in [0.2, 0.25) is 0 Å². The Morgan fingerprint density at radius 2 is 1.82 bits per heavy atom. The molecule has 7 rings (SSSR count). The number of methoxy groups -OCH3 is 1. The molecular formula is C34H25BrN2O6S. The Bertz CT molecular complexity index is 2170. The van der Waals surface area contributed by atoms with Crippen LogP contribution in [0.4, 0.5) is 0 Å². The first-order valence-electron chi connectivity index (χ1n) is 13.9. The minimum Gasteiger partial charge on any atom is -0.496 e. The summed E-state index contributed by atoms with van der Waals surface area (Å²) in [6.45, 7) is 2.05. The third-order valence-electron chi connectivity index (χ3n) is 7.58. The lowest BCUT2D eigenvalue weighted by Gasteiger charge is -2.28. The largest absolute Gasteiger partial charge is 0.496 e. The van der Waals surface area contributed by atoms with Crippen molar-refractivity contribution in [2.45, 2.75) is 13.0 Å². The predicted molar refractivity (Wildman–Crippen MR) is 172 cm³/mol. The molecule has 5 aromatic rings. The van der Waals surface area contributed by atoms with E-state index in [0.29, 0.717) is 37.8 Å². The van der Waals surface area contributed by atoms with Crippen molar-refractivity contribution in [3.63, 3.8) is 0 Å². The van der Waals surface area contributed by atoms with E-state index in [1.807, 2.05) is 78.9 Å². The molecule has 2 aliphatic rings. The molecule has 44 heavy (non-hydrogen) atoms. The molecule has 0 N–H and O–H groups in total. The third kappa shape index (κ3) is 4.71. The molecule has 4 aromatic carbocycles. The Kier molecular flexibility index (Phi) is 7.31. The van der Waals surface area contributed by atoms with E-state index >= 15 is 0 Å². The number of ether oxygens (including phenoxy) is 4. The zero-order chi connectivity index (χ0) is 30.4. The van der Waals surface area contributed by atoms with Gasteiger partial charge in [0.25, 0.3) is 5.56 Å². The first-order valence-corrected chi connectivity index (χ1v) is 15.5. The van der Waals surface area contributed by atoms with Crippen molar-refractivity contribution in [3.05, 3.63) is 125 Å². The fourth-order valence-corrected chi connectivity index (χ4v) is 7.06. The first kappa shape index (κ1) is 28.1. The van der Waals surface area contributed by atoms with Gasteiger partial charge in [0.1, 0.15) is 11.8 Å². The smallest absolute Gasteiger partial charge is 0.338 e. The number of hydrogen-bond acceptors (Lipinski definition) is 8. The molecule has 1 aromatic heterocycles. The summed E-state index contributed by atoms with van der Waals surface area (Å²) in [6, 6.07) is 23.9. The highest BCUT2D eigenvalue weighted by atomic mass is 79.9. The van der Waals surface area contributed by atoms with E-state index in [1.54, 1.807) is 24.7 Å². The van der Waals surface area contributed by atoms with E-state index in [-0.39, 0.29) is 24.5 Å². The van der Waals surface area contributed by atoms with Gasteiger partial charge in [0.2, 0.25) is 6.79 Å². The summed E-state index contributed by atoms with van der Waals surface area (Å²) in [4.78, 5) is 33.8. The second-order valence-electron chi connectivity index (χ2n) is 10.1. The SMILES string of the molecule is CCOC(=O)C1=C(c2ccccc2)N=c2s/c(=C/c3cc4c(cc3Br)OCO4)c(=O)n2[C@H]1c1c(OC)ccc2ccccc12. The third-order valence-corrected chi connectivity index (χ3v) is 9.25. The van der Waals surface area contributed by atoms with Gasteiger partial charge in [-0.3, -0.25) is 9.36 Å². The molecule has 0 saturated carbocycles. The Morgan fingerprint density at radius 3 is 2.59 bits per heavy atom. The van der Waals surface area contributed by atoms with E-state index in [0.717, 1.165) is 26.4 Å². The van der Waals surface area contributed by atoms with Crippen LogP contribution in [0.25, 0.3) is 22.5 Å². The van der Waals surface area contributed by atoms with Crippen LogP contribution in [-0.2, 0) is 9.53 Å². The van der Waals surface area contributed by atoms with Crippen molar-refractivity contribution >= 4 is 55.8 Å². The maximum absolute atomic E-state index is 14.4. The number of rotatable bonds is 6. The average molecular weight is 670 g/mol. The molecule has 2 aliphatic heterocycles. The van der Waals surface area contributed by atoms with Gasteiger partial charge in [-0.15, -0.1) is 0 Å². The average Bonchev–Trinajstić information content (AvgIpc) is 3.63. The fraction of sp³-hybridized carbons (Fsp3) is 0.147. The van der Waals surface area contributed by atoms with Crippen LogP contribution in [-0.4, -0.2) is 31.0 Å². The predicted octanol–water partition coefficient (Wildman–Crippen LogP) is 5.59. The van der Waals surface area contributed by atoms with E-state index in [4.69, 9.17) is 23.9 Å². The number of hydrogen-bond donors (Lipinski definition) is 0. The van der Waals surface area contributed by atoms with Gasteiger partial charge >= 0.3 is 5.97 Å². The molecule has 220 valence electrons. The van der Waals surface area contributed by atoms with Crippen LogP contribution < -0.4 is 29.1 Å². The first-order chi connectivity index (χ1) is 21.5. The number of benzene rings is 4. The van der Waals surface area contributed by atoms with E-state index < -0.39 is 12.0 Å². The summed E-state index contributed by atoms with van der Waals surface area (Å²) in [7, 11) is 1.58. The van der Waals surface area contributed by atoms with Gasteiger partial charge in [-0.2, -0.15) is 0 Å². The summed E-state index contributed by atoms with van der Waals surface area (Å²) >= 11 is 4.85. The molecule has 8 nitrogen and oxygen atoms in total. The number of nitrogens with zero attached hydrogens (tertiary/aromatic N) is 2. The van der Waals surface area contributed by atoms with E-state index in [9.17, 15) is 9.59 Å². The topological polar surface area (TPSA) is 88.4 Å². The molecular weight excluding hydrogens is 644 g/mol. The maximum Gasteiger partial charge on any atom is 0.338 e. The highest BCUT2D eigenvalue weighted by Gasteiger charge is 2.37. The standard InChI is InChI=1S/C34H25BrN2O6S/c1-3-41-33(39)29-30(20-10-5-4-6-11-20)36-34-37(31(29)28-22-12-8-7-9-19(22)13-14-24(28)40-2)32(38)27(44-34)16-21-15-25-26(17-23(21)35)43-18-42-25/h4-17,31H,3,18H2,1-2H3/b27-16+/t31-/m0/s1. The zero-order valence-electron chi connectivity index (χ0n) is 23.7. The molecule has 0 fully saturated rings. The summed E-state index contributed by atoms with van der Waals surface area (Å²) in [5.41, 5.74) is 2.56. The minimum absolute atomic E-state index is 0.138. The Morgan fingerprint density at radius 1 is 1.07 bits per heavy atom. The molecule has 0 unspecified atom stereocenters. The van der Waals surface area contributed by atoms with Crippen LogP contribution >= 0.6 is 27.3 Å². The van der Waals surface area contributed by atoms with Gasteiger partial charge in [0.05, 0.1) is 29.5 Å². The Hall–Kier alpha value is -4.67. The number of halogens is 1. The van der Waals surface area contributed by atoms with Crippen LogP contribution in [0, 0.1) is 0 Å². The molecule has 0 aliphatic carbocycles. The second-order valence-corrected chi connectivity index (χ2v) is 11.9. The number of thiazole rings is 1. The molecule has 0 bridgehead atoms. The van der Waals surface area contributed by atoms with Gasteiger partial charge in [0, 0.05) is 15.6 Å². The maximum atomic E-state index is 14.4. The lowest BCUT2D eigenvalue weighted by atomic mass is 9.89. The molecule has 0 saturated heterocycles. The van der Waals surface area contributed by atoms with Crippen molar-refractivity contribution in [1.29, 1.82) is 0 Å². The summed E-state index contributed by atoms with van der Waals surface area (Å²) in [5.74, 6) is 1.22. The summed E-state index contributed by atoms with van der Waals surface area (Å²) < 4.78 is 25.4. The normalized spacial score (nSPS) is 15.7. The fourth-order valence-electron chi connectivity index (χ4n) is 5.63. The molecule has 10 heteroatoms. The molecule has 1 atom stereocenters. The highest BCUT2D eigenvalue weighted by molar-refractivity contribution is 9.10. The Labute approximate surface area is 264 Å². The highest BCUT2D eigenvalue weighted by Crippen LogP contribution is 2.42. The molecule has 0 spiro atoms. The molecule has 0 amide bonds. The van der Waals surface area contributed by atoms with Crippen LogP contribution in [0.1, 0.15) is 29.7 Å². The minimum atomic E-state index is -0.885. The van der Waals surface area contributed by atoms with Crippen molar-refractivity contribution < 1.29 is 23.7 Å². The monoisotopic (exact) mass is 668 g/mol. The van der Waals surface area contributed by atoms with Crippen molar-refractivity contribution in [2.75, 3.05) is 20.5 Å². The van der Waals surface area contributed by atoms with Crippen molar-refractivity contribution in [1.82, 2.24) is 4.57 Å². The number of fused-ring (bicyclic) bond motifs is 3. The number of carbonyl (C=O) groups excluding carboxylic acids is 1. The quantitative estimate of drug-likeness (QED) is 0.219.